The van der Waals surface area contributed by atoms with Gasteiger partial charge in [0.15, 0.2) is 17.0 Å². The van der Waals surface area contributed by atoms with Crippen molar-refractivity contribution in [3.8, 4) is 0 Å². The van der Waals surface area contributed by atoms with Crippen LogP contribution < -0.4 is 10.2 Å². The minimum absolute atomic E-state index is 0.258. The van der Waals surface area contributed by atoms with Crippen LogP contribution in [0.2, 0.25) is 10.3 Å². The molecule has 0 spiro atoms. The molecule has 0 aliphatic carbocycles. The maximum Gasteiger partial charge on any atom is 0.226 e. The summed E-state index contributed by atoms with van der Waals surface area (Å²) in [5, 5.41) is 5.51. The van der Waals surface area contributed by atoms with E-state index in [1.807, 2.05) is 30.6 Å². The lowest BCUT2D eigenvalue weighted by Crippen LogP contribution is -2.45. The summed E-state index contributed by atoms with van der Waals surface area (Å²) in [6.45, 7) is 5.36. The van der Waals surface area contributed by atoms with Crippen molar-refractivity contribution in [2.24, 2.45) is 0 Å². The molecule has 1 aliphatic rings. The van der Waals surface area contributed by atoms with Crippen LogP contribution in [0.25, 0.3) is 22.1 Å². The first-order valence-corrected chi connectivity index (χ1v) is 11.4. The summed E-state index contributed by atoms with van der Waals surface area (Å²) in [4.78, 5) is 22.5. The zero-order valence-corrected chi connectivity index (χ0v) is 19.3. The highest BCUT2D eigenvalue weighted by atomic mass is 35.5. The predicted octanol–water partition coefficient (Wildman–Crippen LogP) is 3.94. The SMILES string of the molecule is CN1CCN(c2nc(Cl)nc3c2ncn3CCCNc2ccnc3cc(Cl)ccc23)CC1. The number of anilines is 2. The lowest BCUT2D eigenvalue weighted by atomic mass is 10.2. The van der Waals surface area contributed by atoms with Gasteiger partial charge in [0.25, 0.3) is 0 Å². The standard InChI is InChI=1S/C22H24Cl2N8/c1-30-9-11-31(12-10-30)20-19-21(29-22(24)28-20)32(14-27-19)8-2-6-25-17-5-7-26-18-13-15(23)3-4-16(17)18/h3-5,7,13-14H,2,6,8-12H2,1H3,(H,25,26). The number of likely N-dealkylation sites (N-methyl/N-ethyl adjacent to an activating group) is 1. The van der Waals surface area contributed by atoms with Crippen molar-refractivity contribution in [2.45, 2.75) is 13.0 Å². The topological polar surface area (TPSA) is 75.0 Å². The van der Waals surface area contributed by atoms with Crippen LogP contribution in [0.15, 0.2) is 36.8 Å². The molecular formula is C22H24Cl2N8. The van der Waals surface area contributed by atoms with Gasteiger partial charge < -0.3 is 19.7 Å². The van der Waals surface area contributed by atoms with Gasteiger partial charge in [-0.05, 0) is 49.3 Å². The largest absolute Gasteiger partial charge is 0.384 e. The van der Waals surface area contributed by atoms with Crippen molar-refractivity contribution < 1.29 is 0 Å². The average molecular weight is 471 g/mol. The molecule has 4 aromatic rings. The number of aromatic nitrogens is 5. The fraction of sp³-hybridized carbons (Fsp3) is 0.364. The van der Waals surface area contributed by atoms with Crippen LogP contribution in [0.5, 0.6) is 0 Å². The van der Waals surface area contributed by atoms with Crippen LogP contribution in [-0.4, -0.2) is 69.2 Å². The van der Waals surface area contributed by atoms with E-state index in [-0.39, 0.29) is 5.28 Å². The average Bonchev–Trinajstić information content (AvgIpc) is 3.19. The van der Waals surface area contributed by atoms with Gasteiger partial charge in [0.1, 0.15) is 0 Å². The van der Waals surface area contributed by atoms with Gasteiger partial charge in [-0.25, -0.2) is 4.98 Å². The Morgan fingerprint density at radius 3 is 2.72 bits per heavy atom. The fourth-order valence-corrected chi connectivity index (χ4v) is 4.38. The lowest BCUT2D eigenvalue weighted by Gasteiger charge is -2.33. The summed E-state index contributed by atoms with van der Waals surface area (Å²) in [6, 6.07) is 7.74. The number of pyridine rings is 1. The smallest absolute Gasteiger partial charge is 0.226 e. The molecule has 0 saturated carbocycles. The summed E-state index contributed by atoms with van der Waals surface area (Å²) < 4.78 is 2.05. The molecule has 1 fully saturated rings. The second-order valence-corrected chi connectivity index (χ2v) is 8.79. The number of fused-ring (bicyclic) bond motifs is 2. The highest BCUT2D eigenvalue weighted by molar-refractivity contribution is 6.31. The molecular weight excluding hydrogens is 447 g/mol. The molecule has 166 valence electrons. The summed E-state index contributed by atoms with van der Waals surface area (Å²) in [7, 11) is 2.13. The Labute approximate surface area is 196 Å². The minimum Gasteiger partial charge on any atom is -0.384 e. The first kappa shape index (κ1) is 21.2. The normalized spacial score (nSPS) is 15.0. The molecule has 1 N–H and O–H groups in total. The van der Waals surface area contributed by atoms with Gasteiger partial charge in [-0.15, -0.1) is 0 Å². The minimum atomic E-state index is 0.258. The van der Waals surface area contributed by atoms with Crippen molar-refractivity contribution in [3.05, 3.63) is 47.1 Å². The Morgan fingerprint density at radius 2 is 1.88 bits per heavy atom. The first-order valence-electron chi connectivity index (χ1n) is 10.7. The molecule has 1 aromatic carbocycles. The Bertz CT molecular complexity index is 1250. The van der Waals surface area contributed by atoms with Crippen molar-refractivity contribution >= 4 is 56.8 Å². The Hall–Kier alpha value is -2.68. The zero-order valence-electron chi connectivity index (χ0n) is 17.8. The molecule has 1 aliphatic heterocycles. The second-order valence-electron chi connectivity index (χ2n) is 8.02. The molecule has 0 amide bonds. The number of aryl methyl sites for hydroxylation is 1. The number of hydrogen-bond donors (Lipinski definition) is 1. The van der Waals surface area contributed by atoms with Crippen molar-refractivity contribution in [3.63, 3.8) is 0 Å². The number of piperazine rings is 1. The van der Waals surface area contributed by atoms with E-state index in [4.69, 9.17) is 23.2 Å². The maximum absolute atomic E-state index is 6.28. The van der Waals surface area contributed by atoms with E-state index < -0.39 is 0 Å². The Kier molecular flexibility index (Phi) is 5.99. The highest BCUT2D eigenvalue weighted by Gasteiger charge is 2.21. The van der Waals surface area contributed by atoms with E-state index in [0.717, 1.165) is 79.3 Å². The lowest BCUT2D eigenvalue weighted by molar-refractivity contribution is 0.312. The molecule has 3 aromatic heterocycles. The van der Waals surface area contributed by atoms with E-state index in [9.17, 15) is 0 Å². The third kappa shape index (κ3) is 4.30. The molecule has 0 atom stereocenters. The summed E-state index contributed by atoms with van der Waals surface area (Å²) in [5.74, 6) is 0.826. The molecule has 1 saturated heterocycles. The van der Waals surface area contributed by atoms with Gasteiger partial charge in [-0.3, -0.25) is 4.98 Å². The molecule has 5 rings (SSSR count). The van der Waals surface area contributed by atoms with Crippen LogP contribution in [0.4, 0.5) is 11.5 Å². The second kappa shape index (κ2) is 9.05. The van der Waals surface area contributed by atoms with E-state index in [1.54, 1.807) is 6.20 Å². The molecule has 0 unspecified atom stereocenters. The van der Waals surface area contributed by atoms with Crippen LogP contribution in [0, 0.1) is 0 Å². The number of nitrogens with one attached hydrogen (secondary N) is 1. The van der Waals surface area contributed by atoms with E-state index >= 15 is 0 Å². The van der Waals surface area contributed by atoms with E-state index in [2.05, 4.69) is 46.7 Å². The van der Waals surface area contributed by atoms with Gasteiger partial charge in [-0.1, -0.05) is 11.6 Å². The molecule has 0 bridgehead atoms. The van der Waals surface area contributed by atoms with Crippen molar-refractivity contribution in [1.82, 2.24) is 29.4 Å². The van der Waals surface area contributed by atoms with E-state index in [0.29, 0.717) is 5.02 Å². The van der Waals surface area contributed by atoms with Crippen molar-refractivity contribution in [1.29, 1.82) is 0 Å². The van der Waals surface area contributed by atoms with Crippen molar-refractivity contribution in [2.75, 3.05) is 50.0 Å². The number of hydrogen-bond acceptors (Lipinski definition) is 7. The summed E-state index contributed by atoms with van der Waals surface area (Å²) in [5.41, 5.74) is 3.52. The fourth-order valence-electron chi connectivity index (χ4n) is 4.05. The molecule has 32 heavy (non-hydrogen) atoms. The highest BCUT2D eigenvalue weighted by Crippen LogP contribution is 2.26. The molecule has 0 radical (unpaired) electrons. The van der Waals surface area contributed by atoms with Crippen LogP contribution >= 0.6 is 23.2 Å². The van der Waals surface area contributed by atoms with Gasteiger partial charge in [0.2, 0.25) is 5.28 Å². The summed E-state index contributed by atoms with van der Waals surface area (Å²) in [6.07, 6.45) is 4.52. The van der Waals surface area contributed by atoms with Gasteiger partial charge in [0, 0.05) is 61.6 Å². The zero-order chi connectivity index (χ0) is 22.1. The molecule has 4 heterocycles. The third-order valence-corrected chi connectivity index (χ3v) is 6.22. The molecule has 10 heteroatoms. The predicted molar refractivity (Wildman–Crippen MR) is 130 cm³/mol. The summed E-state index contributed by atoms with van der Waals surface area (Å²) >= 11 is 12.4. The Balaban J connectivity index is 1.28. The van der Waals surface area contributed by atoms with Gasteiger partial charge in [-0.2, -0.15) is 9.97 Å². The number of nitrogens with zero attached hydrogens (tertiary/aromatic N) is 7. The first-order chi connectivity index (χ1) is 15.6. The van der Waals surface area contributed by atoms with Crippen LogP contribution in [0.1, 0.15) is 6.42 Å². The van der Waals surface area contributed by atoms with Crippen LogP contribution in [0.3, 0.4) is 0 Å². The van der Waals surface area contributed by atoms with Crippen LogP contribution in [-0.2, 0) is 6.54 Å². The number of imidazole rings is 1. The Morgan fingerprint density at radius 1 is 1.03 bits per heavy atom. The third-order valence-electron chi connectivity index (χ3n) is 5.82. The van der Waals surface area contributed by atoms with E-state index in [1.165, 1.54) is 0 Å². The van der Waals surface area contributed by atoms with Gasteiger partial charge in [0.05, 0.1) is 11.8 Å². The number of rotatable bonds is 6. The number of benzene rings is 1. The quantitative estimate of drug-likeness (QED) is 0.337. The maximum atomic E-state index is 6.28. The molecule has 8 nitrogen and oxygen atoms in total. The number of halogens is 2. The monoisotopic (exact) mass is 470 g/mol. The van der Waals surface area contributed by atoms with Gasteiger partial charge >= 0.3 is 0 Å².